The van der Waals surface area contributed by atoms with E-state index in [1.165, 1.54) is 28.5 Å². The molecule has 1 unspecified atom stereocenters. The number of nitrogens with one attached hydrogen (secondary N) is 2. The molecule has 2 saturated heterocycles. The highest BCUT2D eigenvalue weighted by Crippen LogP contribution is 2.36. The molecule has 3 aliphatic heterocycles. The SMILES string of the molecule is CC[C@H]1CC[C@H](C2=NC3(CCN(S(=O)(=O)CCc4ccc(N5C(=O)NC(=O)C5C)cc4C)CC3)C(=O)N2)CC1. The first-order valence-corrected chi connectivity index (χ1v) is 15.8. The third-order valence-electron chi connectivity index (χ3n) is 9.20. The molecule has 1 atom stereocenters. The number of urea groups is 1. The van der Waals surface area contributed by atoms with Gasteiger partial charge >= 0.3 is 6.03 Å². The van der Waals surface area contributed by atoms with E-state index in [0.29, 0.717) is 30.9 Å². The minimum atomic E-state index is -3.52. The number of rotatable bonds is 7. The van der Waals surface area contributed by atoms with Gasteiger partial charge in [-0.05, 0) is 88.0 Å². The first kappa shape index (κ1) is 27.8. The highest BCUT2D eigenvalue weighted by Gasteiger charge is 2.48. The number of imide groups is 1. The van der Waals surface area contributed by atoms with Crippen molar-refractivity contribution >= 4 is 39.4 Å². The van der Waals surface area contributed by atoms with E-state index in [4.69, 9.17) is 4.99 Å². The molecule has 10 nitrogen and oxygen atoms in total. The number of aryl methyl sites for hydroxylation is 2. The van der Waals surface area contributed by atoms with Gasteiger partial charge < -0.3 is 5.32 Å². The van der Waals surface area contributed by atoms with Crippen molar-refractivity contribution < 1.29 is 22.8 Å². The van der Waals surface area contributed by atoms with Crippen LogP contribution in [0.4, 0.5) is 10.5 Å². The van der Waals surface area contributed by atoms with Crippen LogP contribution in [0.5, 0.6) is 0 Å². The third kappa shape index (κ3) is 5.35. The number of aliphatic imine (C=N–C) groups is 1. The van der Waals surface area contributed by atoms with Crippen molar-refractivity contribution in [2.24, 2.45) is 16.8 Å². The molecule has 1 saturated carbocycles. The molecular weight excluding hydrogens is 518 g/mol. The Hall–Kier alpha value is -2.79. The minimum absolute atomic E-state index is 0.0410. The van der Waals surface area contributed by atoms with Crippen LogP contribution < -0.4 is 15.5 Å². The molecule has 39 heavy (non-hydrogen) atoms. The number of amidine groups is 1. The fourth-order valence-corrected chi connectivity index (χ4v) is 7.91. The summed E-state index contributed by atoms with van der Waals surface area (Å²) in [7, 11) is -3.52. The van der Waals surface area contributed by atoms with Crippen LogP contribution in [-0.4, -0.2) is 66.8 Å². The first-order valence-electron chi connectivity index (χ1n) is 14.2. The molecule has 4 amide bonds. The standard InChI is InChI=1S/C28H39N5O5S/c1-4-20-5-7-22(8-6-20)24-29-26(35)28(31-24)12-14-32(15-13-28)39(37,38)16-11-21-9-10-23(17-18(21)2)33-19(3)25(34)30-27(33)36/h9-10,17,19-20,22H,4-8,11-16H2,1-3H3,(H,29,31,35)(H,30,34,36)/t19?,20-,22-. The van der Waals surface area contributed by atoms with Crippen LogP contribution in [0, 0.1) is 18.8 Å². The van der Waals surface area contributed by atoms with Crippen LogP contribution in [0.25, 0.3) is 0 Å². The fourth-order valence-electron chi connectivity index (χ4n) is 6.44. The third-order valence-corrected chi connectivity index (χ3v) is 11.1. The van der Waals surface area contributed by atoms with E-state index in [9.17, 15) is 22.8 Å². The Morgan fingerprint density at radius 3 is 2.33 bits per heavy atom. The second kappa shape index (κ2) is 10.6. The van der Waals surface area contributed by atoms with Crippen molar-refractivity contribution in [1.29, 1.82) is 0 Å². The number of hydrogen-bond donors (Lipinski definition) is 2. The molecule has 1 aromatic carbocycles. The zero-order valence-corrected chi connectivity index (χ0v) is 23.8. The predicted octanol–water partition coefficient (Wildman–Crippen LogP) is 2.89. The summed E-state index contributed by atoms with van der Waals surface area (Å²) in [4.78, 5) is 43.2. The molecule has 4 aliphatic rings. The molecule has 212 valence electrons. The lowest BCUT2D eigenvalue weighted by Gasteiger charge is -2.34. The van der Waals surface area contributed by atoms with E-state index in [0.717, 1.165) is 35.7 Å². The average molecular weight is 558 g/mol. The van der Waals surface area contributed by atoms with Gasteiger partial charge in [-0.3, -0.25) is 24.8 Å². The molecule has 0 aromatic heterocycles. The van der Waals surface area contributed by atoms with Crippen LogP contribution in [-0.2, 0) is 26.0 Å². The fraction of sp³-hybridized carbons (Fsp3) is 0.643. The predicted molar refractivity (Wildman–Crippen MR) is 149 cm³/mol. The summed E-state index contributed by atoms with van der Waals surface area (Å²) in [5, 5.41) is 5.36. The summed E-state index contributed by atoms with van der Waals surface area (Å²) in [5.74, 6) is 1.42. The maximum absolute atomic E-state index is 13.2. The average Bonchev–Trinajstić information content (AvgIpc) is 3.37. The lowest BCUT2D eigenvalue weighted by Crippen LogP contribution is -2.51. The minimum Gasteiger partial charge on any atom is -0.312 e. The van der Waals surface area contributed by atoms with Gasteiger partial charge in [0, 0.05) is 24.7 Å². The maximum atomic E-state index is 13.2. The number of nitrogens with zero attached hydrogens (tertiary/aromatic N) is 3. The maximum Gasteiger partial charge on any atom is 0.329 e. The molecule has 3 fully saturated rings. The molecule has 0 bridgehead atoms. The highest BCUT2D eigenvalue weighted by atomic mass is 32.2. The van der Waals surface area contributed by atoms with E-state index < -0.39 is 27.6 Å². The Morgan fingerprint density at radius 1 is 1.05 bits per heavy atom. The van der Waals surface area contributed by atoms with E-state index >= 15 is 0 Å². The number of hydrogen-bond acceptors (Lipinski definition) is 6. The molecule has 1 spiro atoms. The Kier molecular flexibility index (Phi) is 7.58. The van der Waals surface area contributed by atoms with Crippen molar-refractivity contribution in [3.05, 3.63) is 29.3 Å². The molecule has 0 radical (unpaired) electrons. The van der Waals surface area contributed by atoms with Gasteiger partial charge in [0.05, 0.1) is 5.75 Å². The zero-order chi connectivity index (χ0) is 27.9. The van der Waals surface area contributed by atoms with Crippen LogP contribution in [0.2, 0.25) is 0 Å². The summed E-state index contributed by atoms with van der Waals surface area (Å²) in [6.07, 6.45) is 6.77. The van der Waals surface area contributed by atoms with Crippen molar-refractivity contribution in [2.45, 2.75) is 83.7 Å². The lowest BCUT2D eigenvalue weighted by atomic mass is 9.80. The number of anilines is 1. The molecule has 1 aromatic rings. The first-order chi connectivity index (χ1) is 18.5. The van der Waals surface area contributed by atoms with E-state index in [2.05, 4.69) is 17.6 Å². The molecule has 3 heterocycles. The van der Waals surface area contributed by atoms with E-state index in [1.54, 1.807) is 13.0 Å². The molecule has 2 N–H and O–H groups in total. The van der Waals surface area contributed by atoms with Gasteiger partial charge in [0.25, 0.3) is 11.8 Å². The summed E-state index contributed by atoms with van der Waals surface area (Å²) >= 11 is 0. The van der Waals surface area contributed by atoms with Crippen LogP contribution in [0.15, 0.2) is 23.2 Å². The van der Waals surface area contributed by atoms with Crippen LogP contribution >= 0.6 is 0 Å². The van der Waals surface area contributed by atoms with E-state index in [-0.39, 0.29) is 30.7 Å². The Balaban J connectivity index is 1.18. The Bertz CT molecular complexity index is 1290. The summed E-state index contributed by atoms with van der Waals surface area (Å²) in [6, 6.07) is 4.33. The van der Waals surface area contributed by atoms with Gasteiger partial charge in [0.2, 0.25) is 10.0 Å². The van der Waals surface area contributed by atoms with Gasteiger partial charge in [0.15, 0.2) is 0 Å². The topological polar surface area (TPSA) is 128 Å². The smallest absolute Gasteiger partial charge is 0.312 e. The van der Waals surface area contributed by atoms with Gasteiger partial charge in [-0.1, -0.05) is 19.4 Å². The summed E-state index contributed by atoms with van der Waals surface area (Å²) < 4.78 is 27.9. The number of benzene rings is 1. The van der Waals surface area contributed by atoms with Gasteiger partial charge in [0.1, 0.15) is 17.4 Å². The van der Waals surface area contributed by atoms with Gasteiger partial charge in [-0.25, -0.2) is 17.5 Å². The number of sulfonamides is 1. The second-order valence-electron chi connectivity index (χ2n) is 11.5. The Labute approximate surface area is 230 Å². The van der Waals surface area contributed by atoms with E-state index in [1.807, 2.05) is 19.1 Å². The number of amides is 4. The normalized spacial score (nSPS) is 27.6. The largest absolute Gasteiger partial charge is 0.329 e. The molecule has 11 heteroatoms. The van der Waals surface area contributed by atoms with Crippen LogP contribution in [0.3, 0.4) is 0 Å². The van der Waals surface area contributed by atoms with Gasteiger partial charge in [-0.2, -0.15) is 0 Å². The van der Waals surface area contributed by atoms with Crippen molar-refractivity contribution in [3.63, 3.8) is 0 Å². The molecule has 1 aliphatic carbocycles. The quantitative estimate of drug-likeness (QED) is 0.498. The van der Waals surface area contributed by atoms with Crippen molar-refractivity contribution in [2.75, 3.05) is 23.7 Å². The second-order valence-corrected chi connectivity index (χ2v) is 13.6. The van der Waals surface area contributed by atoms with Crippen LogP contribution in [0.1, 0.15) is 69.9 Å². The molecule has 5 rings (SSSR count). The number of piperidine rings is 1. The van der Waals surface area contributed by atoms with Gasteiger partial charge in [-0.15, -0.1) is 0 Å². The number of carbonyl (C=O) groups is 3. The lowest BCUT2D eigenvalue weighted by molar-refractivity contribution is -0.125. The van der Waals surface area contributed by atoms with Crippen molar-refractivity contribution in [3.8, 4) is 0 Å². The number of carbonyl (C=O) groups excluding carboxylic acids is 3. The zero-order valence-electron chi connectivity index (χ0n) is 23.0. The Morgan fingerprint density at radius 2 is 1.74 bits per heavy atom. The molecular formula is C28H39N5O5S. The summed E-state index contributed by atoms with van der Waals surface area (Å²) in [5.41, 5.74) is 1.49. The van der Waals surface area contributed by atoms with Crippen molar-refractivity contribution in [1.82, 2.24) is 14.9 Å². The summed E-state index contributed by atoms with van der Waals surface area (Å²) in [6.45, 7) is 6.33. The monoisotopic (exact) mass is 557 g/mol. The highest BCUT2D eigenvalue weighted by molar-refractivity contribution is 7.89.